The van der Waals surface area contributed by atoms with Gasteiger partial charge >= 0.3 is 0 Å². The second-order valence-corrected chi connectivity index (χ2v) is 4.66. The molecule has 1 rings (SSSR count). The Labute approximate surface area is 89.5 Å². The number of rotatable bonds is 3. The van der Waals surface area contributed by atoms with Gasteiger partial charge in [-0.2, -0.15) is 0 Å². The largest absolute Gasteiger partial charge is 0.469 e. The first-order valence-corrected chi connectivity index (χ1v) is 4.93. The van der Waals surface area contributed by atoms with E-state index in [2.05, 4.69) is 0 Å². The maximum atomic E-state index is 11.7. The molecule has 3 nitrogen and oxygen atoms in total. The van der Waals surface area contributed by atoms with E-state index >= 15 is 0 Å². The first-order valence-electron chi connectivity index (χ1n) is 4.93. The van der Waals surface area contributed by atoms with Crippen molar-refractivity contribution in [2.75, 3.05) is 0 Å². The molecule has 0 radical (unpaired) electrons. The maximum Gasteiger partial charge on any atom is 0.173 e. The Morgan fingerprint density at radius 2 is 1.93 bits per heavy atom. The van der Waals surface area contributed by atoms with Crippen LogP contribution in [0.2, 0.25) is 0 Å². The van der Waals surface area contributed by atoms with E-state index in [1.165, 1.54) is 6.26 Å². The molecule has 1 aromatic heterocycles. The Morgan fingerprint density at radius 1 is 1.33 bits per heavy atom. The van der Waals surface area contributed by atoms with E-state index in [0.717, 1.165) is 0 Å². The zero-order valence-corrected chi connectivity index (χ0v) is 9.59. The number of Topliss-reactive ketones (excluding diaryl/α,β-unsaturated/α-hetero) is 2. The second-order valence-electron chi connectivity index (χ2n) is 4.66. The lowest BCUT2D eigenvalue weighted by atomic mass is 9.87. The minimum atomic E-state index is -0.465. The van der Waals surface area contributed by atoms with Gasteiger partial charge in [0, 0.05) is 5.41 Å². The first kappa shape index (κ1) is 11.7. The first-order chi connectivity index (χ1) is 6.82. The summed E-state index contributed by atoms with van der Waals surface area (Å²) in [5.74, 6) is 0.357. The van der Waals surface area contributed by atoms with Crippen molar-refractivity contribution in [2.45, 2.75) is 34.1 Å². The molecule has 0 bridgehead atoms. The van der Waals surface area contributed by atoms with Gasteiger partial charge in [0.25, 0.3) is 0 Å². The minimum Gasteiger partial charge on any atom is -0.469 e. The van der Waals surface area contributed by atoms with Crippen LogP contribution in [0.1, 0.15) is 43.3 Å². The minimum absolute atomic E-state index is 0.0481. The van der Waals surface area contributed by atoms with Crippen LogP contribution < -0.4 is 0 Å². The fourth-order valence-corrected chi connectivity index (χ4v) is 1.18. The van der Waals surface area contributed by atoms with Crippen molar-refractivity contribution < 1.29 is 14.0 Å². The summed E-state index contributed by atoms with van der Waals surface area (Å²) in [7, 11) is 0. The van der Waals surface area contributed by atoms with Crippen LogP contribution in [0.25, 0.3) is 0 Å². The molecule has 0 atom stereocenters. The average Bonchev–Trinajstić information content (AvgIpc) is 2.49. The Bertz CT molecular complexity index is 380. The number of aryl methyl sites for hydroxylation is 1. The van der Waals surface area contributed by atoms with Gasteiger partial charge in [0.1, 0.15) is 11.5 Å². The summed E-state index contributed by atoms with van der Waals surface area (Å²) in [5.41, 5.74) is 0.0421. The van der Waals surface area contributed by atoms with Gasteiger partial charge < -0.3 is 4.42 Å². The number of carbonyl (C=O) groups excluding carboxylic acids is 2. The predicted molar refractivity (Wildman–Crippen MR) is 56.9 cm³/mol. The van der Waals surface area contributed by atoms with Crippen molar-refractivity contribution in [1.82, 2.24) is 0 Å². The van der Waals surface area contributed by atoms with Crippen LogP contribution in [-0.2, 0) is 4.79 Å². The third-order valence-corrected chi connectivity index (χ3v) is 2.32. The van der Waals surface area contributed by atoms with E-state index in [9.17, 15) is 9.59 Å². The van der Waals surface area contributed by atoms with Gasteiger partial charge in [0.2, 0.25) is 0 Å². The topological polar surface area (TPSA) is 47.3 Å². The number of carbonyl (C=O) groups is 2. The van der Waals surface area contributed by atoms with Crippen molar-refractivity contribution >= 4 is 11.6 Å². The molecule has 0 spiro atoms. The van der Waals surface area contributed by atoms with Crippen molar-refractivity contribution in [3.63, 3.8) is 0 Å². The lowest BCUT2D eigenvalue weighted by Crippen LogP contribution is -2.23. The van der Waals surface area contributed by atoms with Crippen LogP contribution in [0.4, 0.5) is 0 Å². The van der Waals surface area contributed by atoms with E-state index in [1.807, 2.05) is 20.8 Å². The highest BCUT2D eigenvalue weighted by atomic mass is 16.3. The highest BCUT2D eigenvalue weighted by Gasteiger charge is 2.25. The third-order valence-electron chi connectivity index (χ3n) is 2.32. The van der Waals surface area contributed by atoms with Crippen LogP contribution in [0, 0.1) is 12.3 Å². The van der Waals surface area contributed by atoms with Gasteiger partial charge in [-0.05, 0) is 13.0 Å². The van der Waals surface area contributed by atoms with Crippen LogP contribution >= 0.6 is 0 Å². The van der Waals surface area contributed by atoms with Crippen LogP contribution in [0.5, 0.6) is 0 Å². The van der Waals surface area contributed by atoms with Crippen molar-refractivity contribution in [2.24, 2.45) is 5.41 Å². The molecule has 0 aromatic carbocycles. The van der Waals surface area contributed by atoms with Crippen LogP contribution in [0.15, 0.2) is 16.7 Å². The lowest BCUT2D eigenvalue weighted by Gasteiger charge is -2.15. The van der Waals surface area contributed by atoms with Crippen molar-refractivity contribution in [3.05, 3.63) is 23.7 Å². The van der Waals surface area contributed by atoms with Gasteiger partial charge in [-0.25, -0.2) is 0 Å². The zero-order valence-electron chi connectivity index (χ0n) is 9.59. The molecule has 15 heavy (non-hydrogen) atoms. The van der Waals surface area contributed by atoms with Gasteiger partial charge in [-0.1, -0.05) is 20.8 Å². The summed E-state index contributed by atoms with van der Waals surface area (Å²) in [6, 6.07) is 1.60. The van der Waals surface area contributed by atoms with Crippen LogP contribution in [0.3, 0.4) is 0 Å². The van der Waals surface area contributed by atoms with E-state index in [1.54, 1.807) is 13.0 Å². The molecule has 1 aromatic rings. The lowest BCUT2D eigenvalue weighted by molar-refractivity contribution is -0.125. The molecule has 0 saturated carbocycles. The predicted octanol–water partition coefficient (Wildman–Crippen LogP) is 2.78. The van der Waals surface area contributed by atoms with Crippen molar-refractivity contribution in [1.29, 1.82) is 0 Å². The molecule has 0 saturated heterocycles. The number of ketones is 2. The quantitative estimate of drug-likeness (QED) is 0.566. The SMILES string of the molecule is Cc1occc1C(=O)CC(=O)C(C)(C)C. The van der Waals surface area contributed by atoms with Crippen LogP contribution in [-0.4, -0.2) is 11.6 Å². The molecule has 0 unspecified atom stereocenters. The van der Waals surface area contributed by atoms with Crippen molar-refractivity contribution in [3.8, 4) is 0 Å². The second kappa shape index (κ2) is 4.01. The fourth-order valence-electron chi connectivity index (χ4n) is 1.18. The molecule has 0 aliphatic carbocycles. The Balaban J connectivity index is 2.74. The summed E-state index contributed by atoms with van der Waals surface area (Å²) < 4.78 is 5.02. The average molecular weight is 208 g/mol. The Morgan fingerprint density at radius 3 is 2.33 bits per heavy atom. The standard InChI is InChI=1S/C12H16O3/c1-8-9(5-6-15-8)10(13)7-11(14)12(2,3)4/h5-6H,7H2,1-4H3. The maximum absolute atomic E-state index is 11.7. The molecule has 82 valence electrons. The van der Waals surface area contributed by atoms with E-state index in [0.29, 0.717) is 11.3 Å². The molecule has 0 fully saturated rings. The Kier molecular flexibility index (Phi) is 3.12. The summed E-state index contributed by atoms with van der Waals surface area (Å²) >= 11 is 0. The smallest absolute Gasteiger partial charge is 0.173 e. The summed E-state index contributed by atoms with van der Waals surface area (Å²) in [5, 5.41) is 0. The van der Waals surface area contributed by atoms with Gasteiger partial charge in [-0.15, -0.1) is 0 Å². The van der Waals surface area contributed by atoms with E-state index in [-0.39, 0.29) is 18.0 Å². The monoisotopic (exact) mass is 208 g/mol. The molecular formula is C12H16O3. The number of hydrogen-bond donors (Lipinski definition) is 0. The van der Waals surface area contributed by atoms with E-state index < -0.39 is 5.41 Å². The van der Waals surface area contributed by atoms with Gasteiger partial charge in [0.15, 0.2) is 5.78 Å². The van der Waals surface area contributed by atoms with E-state index in [4.69, 9.17) is 4.42 Å². The molecular weight excluding hydrogens is 192 g/mol. The number of hydrogen-bond acceptors (Lipinski definition) is 3. The summed E-state index contributed by atoms with van der Waals surface area (Å²) in [6.07, 6.45) is 1.41. The van der Waals surface area contributed by atoms with Gasteiger partial charge in [0.05, 0.1) is 18.2 Å². The highest BCUT2D eigenvalue weighted by Crippen LogP contribution is 2.19. The molecule has 3 heteroatoms. The zero-order chi connectivity index (χ0) is 11.6. The molecule has 0 amide bonds. The Hall–Kier alpha value is -1.38. The number of furan rings is 1. The molecule has 1 heterocycles. The van der Waals surface area contributed by atoms with Gasteiger partial charge in [-0.3, -0.25) is 9.59 Å². The molecule has 0 aliphatic heterocycles. The summed E-state index contributed by atoms with van der Waals surface area (Å²) in [6.45, 7) is 7.15. The molecule has 0 N–H and O–H groups in total. The summed E-state index contributed by atoms with van der Waals surface area (Å²) in [4.78, 5) is 23.3. The normalized spacial score (nSPS) is 11.5. The fraction of sp³-hybridized carbons (Fsp3) is 0.500. The highest BCUT2D eigenvalue weighted by molar-refractivity contribution is 6.09. The molecule has 0 aliphatic rings. The third kappa shape index (κ3) is 2.78.